The zero-order valence-electron chi connectivity index (χ0n) is 14.4. The van der Waals surface area contributed by atoms with Crippen LogP contribution in [0.3, 0.4) is 0 Å². The number of hydrogen-bond donors (Lipinski definition) is 1. The number of nitrogens with zero attached hydrogens (tertiary/aromatic N) is 2. The number of hydrogen-bond acceptors (Lipinski definition) is 6. The number of aryl methyl sites for hydroxylation is 2. The van der Waals surface area contributed by atoms with Crippen molar-refractivity contribution in [3.8, 4) is 0 Å². The van der Waals surface area contributed by atoms with Crippen LogP contribution in [0.4, 0.5) is 5.13 Å². The van der Waals surface area contributed by atoms with Gasteiger partial charge in [-0.1, -0.05) is 70.6 Å². The van der Waals surface area contributed by atoms with Crippen molar-refractivity contribution in [1.82, 2.24) is 10.2 Å². The number of rotatable bonds is 6. The number of ketones is 1. The molecule has 1 N–H and O–H groups in total. The van der Waals surface area contributed by atoms with Gasteiger partial charge in [-0.15, -0.1) is 10.2 Å². The summed E-state index contributed by atoms with van der Waals surface area (Å²) in [6, 6.07) is 14.8. The molecule has 1 aromatic heterocycles. The molecule has 0 saturated heterocycles. The molecule has 1 amide bonds. The highest BCUT2D eigenvalue weighted by Crippen LogP contribution is 2.26. The van der Waals surface area contributed by atoms with Crippen molar-refractivity contribution in [2.24, 2.45) is 0 Å². The van der Waals surface area contributed by atoms with E-state index in [-0.39, 0.29) is 17.4 Å². The second-order valence-corrected chi connectivity index (χ2v) is 7.97. The summed E-state index contributed by atoms with van der Waals surface area (Å²) in [5.74, 6) is 0.0905. The van der Waals surface area contributed by atoms with Gasteiger partial charge in [-0.25, -0.2) is 0 Å². The van der Waals surface area contributed by atoms with E-state index >= 15 is 0 Å². The zero-order chi connectivity index (χ0) is 18.5. The molecule has 0 saturated carbocycles. The third kappa shape index (κ3) is 4.77. The standard InChI is InChI=1S/C19H17N3O2S2/c1-12-3-7-14(8-4-12)16(23)11-25-19-22-21-18(26-19)20-17(24)15-9-5-13(2)6-10-15/h3-10H,11H2,1-2H3,(H,20,21,24). The van der Waals surface area contributed by atoms with Crippen LogP contribution < -0.4 is 5.32 Å². The lowest BCUT2D eigenvalue weighted by molar-refractivity contribution is 0.101. The second kappa shape index (κ2) is 8.25. The Balaban J connectivity index is 1.56. The molecule has 0 unspecified atom stereocenters. The van der Waals surface area contributed by atoms with Crippen LogP contribution in [-0.2, 0) is 0 Å². The van der Waals surface area contributed by atoms with Crippen LogP contribution in [0.15, 0.2) is 52.9 Å². The number of Topliss-reactive ketones (excluding diaryl/α,β-unsaturated/α-hetero) is 1. The van der Waals surface area contributed by atoms with Gasteiger partial charge in [0.25, 0.3) is 5.91 Å². The smallest absolute Gasteiger partial charge is 0.257 e. The van der Waals surface area contributed by atoms with Crippen LogP contribution in [0.5, 0.6) is 0 Å². The Kier molecular flexibility index (Phi) is 5.80. The summed E-state index contributed by atoms with van der Waals surface area (Å²) in [7, 11) is 0. The minimum absolute atomic E-state index is 0.0374. The topological polar surface area (TPSA) is 72.0 Å². The lowest BCUT2D eigenvalue weighted by Gasteiger charge is -2.01. The minimum atomic E-state index is -0.228. The van der Waals surface area contributed by atoms with Crippen molar-refractivity contribution in [3.63, 3.8) is 0 Å². The molecule has 0 fully saturated rings. The van der Waals surface area contributed by atoms with E-state index in [1.54, 1.807) is 12.1 Å². The van der Waals surface area contributed by atoms with E-state index in [0.29, 0.717) is 20.6 Å². The summed E-state index contributed by atoms with van der Waals surface area (Å²) in [4.78, 5) is 24.4. The summed E-state index contributed by atoms with van der Waals surface area (Å²) in [6.45, 7) is 3.95. The van der Waals surface area contributed by atoms with Crippen molar-refractivity contribution in [3.05, 3.63) is 70.8 Å². The van der Waals surface area contributed by atoms with E-state index in [4.69, 9.17) is 0 Å². The number of amides is 1. The molecule has 0 atom stereocenters. The van der Waals surface area contributed by atoms with E-state index in [2.05, 4.69) is 15.5 Å². The fourth-order valence-electron chi connectivity index (χ4n) is 2.14. The molecule has 0 radical (unpaired) electrons. The predicted octanol–water partition coefficient (Wildman–Crippen LogP) is 4.38. The van der Waals surface area contributed by atoms with E-state index in [0.717, 1.165) is 11.1 Å². The van der Waals surface area contributed by atoms with Crippen LogP contribution in [-0.4, -0.2) is 27.6 Å². The number of anilines is 1. The van der Waals surface area contributed by atoms with Crippen molar-refractivity contribution in [1.29, 1.82) is 0 Å². The predicted molar refractivity (Wildman–Crippen MR) is 105 cm³/mol. The first-order valence-electron chi connectivity index (χ1n) is 7.95. The Labute approximate surface area is 159 Å². The summed E-state index contributed by atoms with van der Waals surface area (Å²) in [5.41, 5.74) is 3.46. The molecule has 0 aliphatic rings. The van der Waals surface area contributed by atoms with Crippen LogP contribution in [0.1, 0.15) is 31.8 Å². The highest BCUT2D eigenvalue weighted by Gasteiger charge is 2.12. The first-order valence-corrected chi connectivity index (χ1v) is 9.75. The van der Waals surface area contributed by atoms with E-state index in [9.17, 15) is 9.59 Å². The molecular formula is C19H17N3O2S2. The Morgan fingerprint density at radius 1 is 0.923 bits per heavy atom. The van der Waals surface area contributed by atoms with Gasteiger partial charge in [-0.05, 0) is 26.0 Å². The highest BCUT2D eigenvalue weighted by atomic mass is 32.2. The van der Waals surface area contributed by atoms with Gasteiger partial charge in [0.05, 0.1) is 5.75 Å². The lowest BCUT2D eigenvalue weighted by atomic mass is 10.1. The zero-order valence-corrected chi connectivity index (χ0v) is 16.0. The van der Waals surface area contributed by atoms with Gasteiger partial charge in [-0.2, -0.15) is 0 Å². The lowest BCUT2D eigenvalue weighted by Crippen LogP contribution is -2.11. The molecule has 5 nitrogen and oxygen atoms in total. The van der Waals surface area contributed by atoms with Crippen molar-refractivity contribution in [2.45, 2.75) is 18.2 Å². The maximum absolute atomic E-state index is 12.2. The molecule has 2 aromatic carbocycles. The molecule has 3 rings (SSSR count). The van der Waals surface area contributed by atoms with Crippen molar-refractivity contribution >= 4 is 39.9 Å². The minimum Gasteiger partial charge on any atom is -0.296 e. The van der Waals surface area contributed by atoms with Crippen LogP contribution in [0.2, 0.25) is 0 Å². The van der Waals surface area contributed by atoms with Gasteiger partial charge in [0.15, 0.2) is 10.1 Å². The molecule has 0 spiro atoms. The van der Waals surface area contributed by atoms with E-state index < -0.39 is 0 Å². The molecule has 0 aliphatic heterocycles. The average Bonchev–Trinajstić information content (AvgIpc) is 3.08. The third-order valence-electron chi connectivity index (χ3n) is 3.64. The monoisotopic (exact) mass is 383 g/mol. The number of carbonyl (C=O) groups excluding carboxylic acids is 2. The first kappa shape index (κ1) is 18.3. The number of thioether (sulfide) groups is 1. The first-order chi connectivity index (χ1) is 12.5. The maximum atomic E-state index is 12.2. The fourth-order valence-corrected chi connectivity index (χ4v) is 3.78. The van der Waals surface area contributed by atoms with E-state index in [1.165, 1.54) is 23.1 Å². The Morgan fingerprint density at radius 3 is 2.12 bits per heavy atom. The van der Waals surface area contributed by atoms with Crippen LogP contribution in [0.25, 0.3) is 0 Å². The molecule has 0 bridgehead atoms. The quantitative estimate of drug-likeness (QED) is 0.388. The number of nitrogens with one attached hydrogen (secondary N) is 1. The van der Waals surface area contributed by atoms with Crippen LogP contribution in [0, 0.1) is 13.8 Å². The van der Waals surface area contributed by atoms with Gasteiger partial charge < -0.3 is 0 Å². The fraction of sp³-hybridized carbons (Fsp3) is 0.158. The largest absolute Gasteiger partial charge is 0.296 e. The molecule has 132 valence electrons. The van der Waals surface area contributed by atoms with Crippen molar-refractivity contribution in [2.75, 3.05) is 11.1 Å². The summed E-state index contributed by atoms with van der Waals surface area (Å²) >= 11 is 2.57. The Morgan fingerprint density at radius 2 is 1.50 bits per heavy atom. The van der Waals surface area contributed by atoms with Crippen molar-refractivity contribution < 1.29 is 9.59 Å². The van der Waals surface area contributed by atoms with Crippen LogP contribution >= 0.6 is 23.1 Å². The van der Waals surface area contributed by atoms with E-state index in [1.807, 2.05) is 50.2 Å². The Hall–Kier alpha value is -2.51. The normalized spacial score (nSPS) is 10.5. The molecule has 3 aromatic rings. The number of aromatic nitrogens is 2. The molecule has 1 heterocycles. The molecule has 7 heteroatoms. The third-order valence-corrected chi connectivity index (χ3v) is 5.61. The molecule has 26 heavy (non-hydrogen) atoms. The molecule has 0 aliphatic carbocycles. The second-order valence-electron chi connectivity index (χ2n) is 5.77. The molecular weight excluding hydrogens is 366 g/mol. The average molecular weight is 383 g/mol. The summed E-state index contributed by atoms with van der Waals surface area (Å²) < 4.78 is 0.643. The highest BCUT2D eigenvalue weighted by molar-refractivity contribution is 8.01. The van der Waals surface area contributed by atoms with Gasteiger partial charge in [0.2, 0.25) is 5.13 Å². The Bertz CT molecular complexity index is 919. The summed E-state index contributed by atoms with van der Waals surface area (Å²) in [6.07, 6.45) is 0. The van der Waals surface area contributed by atoms with Gasteiger partial charge >= 0.3 is 0 Å². The van der Waals surface area contributed by atoms with Gasteiger partial charge in [-0.3, -0.25) is 14.9 Å². The van der Waals surface area contributed by atoms with Gasteiger partial charge in [0.1, 0.15) is 0 Å². The number of carbonyl (C=O) groups is 2. The maximum Gasteiger partial charge on any atom is 0.257 e. The van der Waals surface area contributed by atoms with Gasteiger partial charge in [0, 0.05) is 11.1 Å². The summed E-state index contributed by atoms with van der Waals surface area (Å²) in [5, 5.41) is 11.1. The SMILES string of the molecule is Cc1ccc(C(=O)CSc2nnc(NC(=O)c3ccc(C)cc3)s2)cc1. The number of benzene rings is 2.